The van der Waals surface area contributed by atoms with Crippen molar-refractivity contribution in [2.75, 3.05) is 0 Å². The highest BCUT2D eigenvalue weighted by Gasteiger charge is 2.40. The molecule has 2 N–H and O–H groups in total. The van der Waals surface area contributed by atoms with Crippen LogP contribution in [-0.4, -0.2) is 28.3 Å². The van der Waals surface area contributed by atoms with Crippen LogP contribution in [0.15, 0.2) is 30.3 Å². The van der Waals surface area contributed by atoms with Gasteiger partial charge in [-0.15, -0.1) is 0 Å². The number of carboxylic acid groups (broad SMARTS) is 1. The number of Topliss-reactive ketones (excluding diaryl/α,β-unsaturated/α-hetero) is 1. The average molecular weight is 235 g/mol. The van der Waals surface area contributed by atoms with E-state index in [9.17, 15) is 14.4 Å². The third-order valence-electron chi connectivity index (χ3n) is 2.53. The molecule has 1 atom stereocenters. The lowest BCUT2D eigenvalue weighted by Gasteiger charge is -2.23. The highest BCUT2D eigenvalue weighted by atomic mass is 16.4. The van der Waals surface area contributed by atoms with Crippen molar-refractivity contribution in [2.45, 2.75) is 19.4 Å². The summed E-state index contributed by atoms with van der Waals surface area (Å²) in [5.41, 5.74) is -1.59. The molecule has 0 aliphatic rings. The summed E-state index contributed by atoms with van der Waals surface area (Å²) >= 11 is 0. The average Bonchev–Trinajstić information content (AvgIpc) is 2.29. The van der Waals surface area contributed by atoms with Crippen LogP contribution in [0.25, 0.3) is 0 Å². The van der Waals surface area contributed by atoms with Gasteiger partial charge in [-0.3, -0.25) is 9.59 Å². The van der Waals surface area contributed by atoms with Crippen LogP contribution in [0.3, 0.4) is 0 Å². The zero-order chi connectivity index (χ0) is 13.1. The number of benzene rings is 1. The lowest BCUT2D eigenvalue weighted by Crippen LogP contribution is -2.57. The fourth-order valence-corrected chi connectivity index (χ4v) is 1.18. The molecule has 0 fully saturated rings. The van der Waals surface area contributed by atoms with Crippen molar-refractivity contribution in [2.24, 2.45) is 0 Å². The van der Waals surface area contributed by atoms with Crippen LogP contribution in [0.2, 0.25) is 0 Å². The molecule has 0 saturated carbocycles. The number of amides is 1. The van der Waals surface area contributed by atoms with Gasteiger partial charge in [-0.25, -0.2) is 4.79 Å². The van der Waals surface area contributed by atoms with E-state index >= 15 is 0 Å². The molecule has 5 nitrogen and oxygen atoms in total. The van der Waals surface area contributed by atoms with Gasteiger partial charge in [0.1, 0.15) is 0 Å². The molecule has 1 unspecified atom stereocenters. The topological polar surface area (TPSA) is 83.5 Å². The Labute approximate surface area is 98.4 Å². The SMILES string of the molecule is CC(=O)C(C)(NC(=O)c1ccccc1)C(=O)O. The molecular weight excluding hydrogens is 222 g/mol. The number of nitrogens with one attached hydrogen (secondary N) is 1. The monoisotopic (exact) mass is 235 g/mol. The molecular formula is C12H13NO4. The van der Waals surface area contributed by atoms with Gasteiger partial charge in [-0.1, -0.05) is 18.2 Å². The lowest BCUT2D eigenvalue weighted by molar-refractivity contribution is -0.148. The van der Waals surface area contributed by atoms with Gasteiger partial charge >= 0.3 is 5.97 Å². The Hall–Kier alpha value is -2.17. The van der Waals surface area contributed by atoms with Crippen LogP contribution in [0.4, 0.5) is 0 Å². The molecule has 1 aromatic rings. The van der Waals surface area contributed by atoms with Gasteiger partial charge < -0.3 is 10.4 Å². The summed E-state index contributed by atoms with van der Waals surface area (Å²) in [7, 11) is 0. The summed E-state index contributed by atoms with van der Waals surface area (Å²) in [6, 6.07) is 8.12. The normalized spacial score (nSPS) is 13.5. The first kappa shape index (κ1) is 12.9. The first-order valence-corrected chi connectivity index (χ1v) is 5.00. The van der Waals surface area contributed by atoms with Crippen molar-refractivity contribution in [1.29, 1.82) is 0 Å². The Morgan fingerprint density at radius 1 is 1.18 bits per heavy atom. The summed E-state index contributed by atoms with van der Waals surface area (Å²) in [6.45, 7) is 2.29. The molecule has 0 spiro atoms. The number of rotatable bonds is 4. The smallest absolute Gasteiger partial charge is 0.336 e. The minimum absolute atomic E-state index is 0.307. The largest absolute Gasteiger partial charge is 0.479 e. The van der Waals surface area contributed by atoms with Gasteiger partial charge in [0.05, 0.1) is 0 Å². The van der Waals surface area contributed by atoms with E-state index in [1.165, 1.54) is 19.1 Å². The van der Waals surface area contributed by atoms with Gasteiger partial charge in [0.2, 0.25) is 0 Å². The molecule has 90 valence electrons. The summed E-state index contributed by atoms with van der Waals surface area (Å²) in [5.74, 6) is -2.60. The zero-order valence-corrected chi connectivity index (χ0v) is 9.56. The predicted octanol–water partition coefficient (Wildman–Crippen LogP) is 0.849. The minimum Gasteiger partial charge on any atom is -0.479 e. The maximum Gasteiger partial charge on any atom is 0.336 e. The van der Waals surface area contributed by atoms with E-state index in [1.54, 1.807) is 18.2 Å². The molecule has 5 heteroatoms. The van der Waals surface area contributed by atoms with E-state index in [2.05, 4.69) is 5.32 Å². The van der Waals surface area contributed by atoms with Crippen molar-refractivity contribution in [3.05, 3.63) is 35.9 Å². The number of hydrogen-bond donors (Lipinski definition) is 2. The second kappa shape index (κ2) is 4.78. The summed E-state index contributed by atoms with van der Waals surface area (Å²) in [6.07, 6.45) is 0. The third-order valence-corrected chi connectivity index (χ3v) is 2.53. The summed E-state index contributed by atoms with van der Waals surface area (Å²) < 4.78 is 0. The van der Waals surface area contributed by atoms with Gasteiger partial charge in [0.15, 0.2) is 11.3 Å². The Kier molecular flexibility index (Phi) is 3.62. The molecule has 1 rings (SSSR count). The van der Waals surface area contributed by atoms with Crippen LogP contribution >= 0.6 is 0 Å². The molecule has 1 aromatic carbocycles. The van der Waals surface area contributed by atoms with Crippen LogP contribution in [-0.2, 0) is 9.59 Å². The summed E-state index contributed by atoms with van der Waals surface area (Å²) in [5, 5.41) is 11.2. The molecule has 0 aliphatic heterocycles. The number of carbonyl (C=O) groups is 3. The van der Waals surface area contributed by atoms with E-state index < -0.39 is 23.2 Å². The number of carboxylic acids is 1. The molecule has 1 amide bonds. The van der Waals surface area contributed by atoms with Gasteiger partial charge in [-0.05, 0) is 26.0 Å². The fraction of sp³-hybridized carbons (Fsp3) is 0.250. The number of ketones is 1. The quantitative estimate of drug-likeness (QED) is 0.758. The second-order valence-electron chi connectivity index (χ2n) is 3.81. The van der Waals surface area contributed by atoms with Crippen molar-refractivity contribution in [3.8, 4) is 0 Å². The molecule has 0 heterocycles. The fourth-order valence-electron chi connectivity index (χ4n) is 1.18. The van der Waals surface area contributed by atoms with Crippen molar-refractivity contribution in [1.82, 2.24) is 5.32 Å². The molecule has 0 bridgehead atoms. The molecule has 0 radical (unpaired) electrons. The van der Waals surface area contributed by atoms with Crippen LogP contribution in [0.5, 0.6) is 0 Å². The van der Waals surface area contributed by atoms with E-state index in [-0.39, 0.29) is 0 Å². The minimum atomic E-state index is -1.90. The maximum absolute atomic E-state index is 11.7. The molecule has 0 aliphatic carbocycles. The third kappa shape index (κ3) is 2.69. The van der Waals surface area contributed by atoms with Gasteiger partial charge in [0.25, 0.3) is 5.91 Å². The zero-order valence-electron chi connectivity index (χ0n) is 9.56. The first-order valence-electron chi connectivity index (χ1n) is 5.00. The van der Waals surface area contributed by atoms with E-state index in [0.29, 0.717) is 5.56 Å². The molecule has 0 aromatic heterocycles. The van der Waals surface area contributed by atoms with Crippen LogP contribution in [0, 0.1) is 0 Å². The maximum atomic E-state index is 11.7. The van der Waals surface area contributed by atoms with Gasteiger partial charge in [-0.2, -0.15) is 0 Å². The number of hydrogen-bond acceptors (Lipinski definition) is 3. The number of aliphatic carboxylic acids is 1. The highest BCUT2D eigenvalue weighted by Crippen LogP contribution is 2.08. The first-order chi connectivity index (χ1) is 7.88. The van der Waals surface area contributed by atoms with Crippen molar-refractivity contribution < 1.29 is 19.5 Å². The van der Waals surface area contributed by atoms with Crippen molar-refractivity contribution >= 4 is 17.7 Å². The molecule has 0 saturated heterocycles. The predicted molar refractivity (Wildman–Crippen MR) is 60.6 cm³/mol. The standard InChI is InChI=1S/C12H13NO4/c1-8(14)12(2,11(16)17)13-10(15)9-6-4-3-5-7-9/h3-7H,1-2H3,(H,13,15)(H,16,17). The van der Waals surface area contributed by atoms with Crippen LogP contribution in [0.1, 0.15) is 24.2 Å². The molecule has 17 heavy (non-hydrogen) atoms. The lowest BCUT2D eigenvalue weighted by atomic mass is 9.97. The van der Waals surface area contributed by atoms with E-state index in [4.69, 9.17) is 5.11 Å². The Morgan fingerprint density at radius 3 is 2.12 bits per heavy atom. The Balaban J connectivity index is 2.94. The second-order valence-corrected chi connectivity index (χ2v) is 3.81. The summed E-state index contributed by atoms with van der Waals surface area (Å²) in [4.78, 5) is 34.0. The van der Waals surface area contributed by atoms with E-state index in [1.807, 2.05) is 0 Å². The van der Waals surface area contributed by atoms with Gasteiger partial charge in [0, 0.05) is 5.56 Å². The van der Waals surface area contributed by atoms with Crippen LogP contribution < -0.4 is 5.32 Å². The van der Waals surface area contributed by atoms with E-state index in [0.717, 1.165) is 6.92 Å². The number of carbonyl (C=O) groups excluding carboxylic acids is 2. The van der Waals surface area contributed by atoms with Crippen molar-refractivity contribution in [3.63, 3.8) is 0 Å². The highest BCUT2D eigenvalue weighted by molar-refractivity contribution is 6.10. The Bertz CT molecular complexity index is 439. The Morgan fingerprint density at radius 2 is 1.71 bits per heavy atom.